The van der Waals surface area contributed by atoms with Crippen molar-refractivity contribution in [2.75, 3.05) is 13.7 Å². The minimum Gasteiger partial charge on any atom is -0.459 e. The van der Waals surface area contributed by atoms with Gasteiger partial charge >= 0.3 is 5.97 Å². The first-order valence-corrected chi connectivity index (χ1v) is 17.0. The highest BCUT2D eigenvalue weighted by Crippen LogP contribution is 2.48. The summed E-state index contributed by atoms with van der Waals surface area (Å²) in [7, 11) is 1.71. The molecule has 1 radical (unpaired) electrons. The van der Waals surface area contributed by atoms with Crippen molar-refractivity contribution < 1.29 is 33.4 Å². The molecule has 0 aromatic heterocycles. The molecule has 7 heteroatoms. The summed E-state index contributed by atoms with van der Waals surface area (Å²) in [5.74, 6) is 0.372. The predicted octanol–water partition coefficient (Wildman–Crippen LogP) is 8.84. The Morgan fingerprint density at radius 1 is 0.854 bits per heavy atom. The fraction of sp³-hybridized carbons (Fsp3) is 0.463. The summed E-state index contributed by atoms with van der Waals surface area (Å²) >= 11 is 0. The number of allylic oxidation sites excluding steroid dienone is 3. The lowest BCUT2D eigenvalue weighted by Gasteiger charge is -2.28. The van der Waals surface area contributed by atoms with Gasteiger partial charge in [0.2, 0.25) is 0 Å². The second-order valence-corrected chi connectivity index (χ2v) is 12.8. The normalized spacial score (nSPS) is 17.0. The van der Waals surface area contributed by atoms with Crippen LogP contribution < -0.4 is 0 Å². The van der Waals surface area contributed by atoms with E-state index in [0.29, 0.717) is 24.0 Å². The Morgan fingerprint density at radius 2 is 1.44 bits per heavy atom. The topological polar surface area (TPSA) is 104 Å². The van der Waals surface area contributed by atoms with Gasteiger partial charge in [0.15, 0.2) is 11.6 Å². The van der Waals surface area contributed by atoms with Crippen molar-refractivity contribution in [3.8, 4) is 0 Å². The smallest absolute Gasteiger partial charge is 0.338 e. The van der Waals surface area contributed by atoms with Crippen LogP contribution in [0.3, 0.4) is 0 Å². The van der Waals surface area contributed by atoms with Crippen molar-refractivity contribution in [1.29, 1.82) is 0 Å². The molecule has 1 atom stereocenters. The number of ketones is 2. The van der Waals surface area contributed by atoms with Gasteiger partial charge in [-0.1, -0.05) is 69.0 Å². The Kier molecular flexibility index (Phi) is 17.7. The first kappa shape index (κ1) is 40.2. The Labute approximate surface area is 287 Å². The third-order valence-corrected chi connectivity index (χ3v) is 9.23. The van der Waals surface area contributed by atoms with Gasteiger partial charge in [-0.15, -0.1) is 6.58 Å². The third kappa shape index (κ3) is 12.6. The average molecular weight is 658 g/mol. The molecule has 259 valence electrons. The molecule has 5 rings (SSSR count). The third-order valence-electron chi connectivity index (χ3n) is 9.23. The second kappa shape index (κ2) is 21.1. The maximum atomic E-state index is 12.1. The van der Waals surface area contributed by atoms with Crippen molar-refractivity contribution >= 4 is 30.6 Å². The molecular formula is C41H53O7. The summed E-state index contributed by atoms with van der Waals surface area (Å²) in [6.45, 7) is 11.7. The summed E-state index contributed by atoms with van der Waals surface area (Å²) in [5, 5.41) is 0. The Balaban J connectivity index is 0.000000262. The molecule has 0 bridgehead atoms. The van der Waals surface area contributed by atoms with E-state index in [4.69, 9.17) is 14.3 Å². The minimum absolute atomic E-state index is 0.0445. The number of hydrogen-bond donors (Lipinski definition) is 0. The van der Waals surface area contributed by atoms with Gasteiger partial charge in [-0.3, -0.25) is 14.4 Å². The highest BCUT2D eigenvalue weighted by molar-refractivity contribution is 6.04. The van der Waals surface area contributed by atoms with E-state index in [-0.39, 0.29) is 28.6 Å². The zero-order valence-corrected chi connectivity index (χ0v) is 29.3. The fourth-order valence-corrected chi connectivity index (χ4v) is 6.22. The Bertz CT molecular complexity index is 1380. The number of methoxy groups -OCH3 is 1. The van der Waals surface area contributed by atoms with Gasteiger partial charge in [-0.25, -0.2) is 4.79 Å². The van der Waals surface area contributed by atoms with Gasteiger partial charge in [0.1, 0.15) is 19.2 Å². The van der Waals surface area contributed by atoms with E-state index in [1.807, 2.05) is 31.4 Å². The van der Waals surface area contributed by atoms with Gasteiger partial charge in [0, 0.05) is 42.3 Å². The molecule has 48 heavy (non-hydrogen) atoms. The number of Topliss-reactive ketones (excluding diaryl/α,β-unsaturated/α-hetero) is 2. The van der Waals surface area contributed by atoms with Crippen molar-refractivity contribution in [1.82, 2.24) is 0 Å². The Hall–Kier alpha value is -3.97. The largest absolute Gasteiger partial charge is 0.459 e. The number of hydrogen-bond acceptors (Lipinski definition) is 7. The molecule has 0 N–H and O–H groups in total. The van der Waals surface area contributed by atoms with Gasteiger partial charge in [0.05, 0.1) is 5.56 Å². The highest BCUT2D eigenvalue weighted by atomic mass is 16.5. The van der Waals surface area contributed by atoms with Crippen molar-refractivity contribution in [3.05, 3.63) is 101 Å². The molecule has 2 aromatic rings. The molecule has 3 aliphatic carbocycles. The molecule has 2 saturated carbocycles. The van der Waals surface area contributed by atoms with Crippen LogP contribution in [0.1, 0.15) is 128 Å². The summed E-state index contributed by atoms with van der Waals surface area (Å²) in [5.41, 5.74) is 4.11. The number of carbonyl (C=O) groups excluding carboxylic acids is 5. The predicted molar refractivity (Wildman–Crippen MR) is 190 cm³/mol. The van der Waals surface area contributed by atoms with Crippen LogP contribution in [0.4, 0.5) is 0 Å². The van der Waals surface area contributed by atoms with E-state index in [1.54, 1.807) is 14.0 Å². The highest BCUT2D eigenvalue weighted by Gasteiger charge is 2.41. The van der Waals surface area contributed by atoms with Gasteiger partial charge in [-0.05, 0) is 94.0 Å². The average Bonchev–Trinajstić information content (AvgIpc) is 3.95. The minimum atomic E-state index is -0.455. The molecule has 2 aromatic carbocycles. The molecule has 1 unspecified atom stereocenters. The maximum Gasteiger partial charge on any atom is 0.338 e. The second-order valence-electron chi connectivity index (χ2n) is 12.8. The standard InChI is InChI=1S/C16H18O4.C16H19O2.C8H14.CH2O/c1-11(18)13-7-12(10-17)8-14(9-13)16(19)20-15-5-3-2-4-6-15;1-12(17)14-11-15(14)16(2,9-10-18-3)13-7-5-4-6-8-13;1-2-8-6-4-3-5-7-8;1-2/h7-10,15H,2-6H2,1H3;4-8,11H,9-10H2,1-3H3;2,8H,1,3-7H2;1H2. The monoisotopic (exact) mass is 657 g/mol. The van der Waals surface area contributed by atoms with Gasteiger partial charge in [-0.2, -0.15) is 0 Å². The number of benzene rings is 2. The number of esters is 1. The zero-order chi connectivity index (χ0) is 35.5. The zero-order valence-electron chi connectivity index (χ0n) is 29.3. The van der Waals surface area contributed by atoms with Crippen molar-refractivity contribution in [2.24, 2.45) is 5.92 Å². The first-order chi connectivity index (χ1) is 23.1. The van der Waals surface area contributed by atoms with E-state index < -0.39 is 5.97 Å². The van der Waals surface area contributed by atoms with Gasteiger partial charge < -0.3 is 14.3 Å². The van der Waals surface area contributed by atoms with Crippen LogP contribution >= 0.6 is 0 Å². The Morgan fingerprint density at radius 3 is 1.92 bits per heavy atom. The van der Waals surface area contributed by atoms with Crippen LogP contribution in [-0.2, 0) is 24.5 Å². The molecule has 3 aliphatic rings. The number of carbonyl (C=O) groups is 5. The lowest BCUT2D eigenvalue weighted by molar-refractivity contribution is -0.113. The summed E-state index contributed by atoms with van der Waals surface area (Å²) in [6.07, 6.45) is 17.8. The molecule has 0 aliphatic heterocycles. The summed E-state index contributed by atoms with van der Waals surface area (Å²) in [6, 6.07) is 14.8. The number of ether oxygens (including phenoxy) is 2. The lowest BCUT2D eigenvalue weighted by Crippen LogP contribution is -2.23. The number of aldehydes is 1. The van der Waals surface area contributed by atoms with Crippen LogP contribution in [0.15, 0.2) is 72.3 Å². The maximum absolute atomic E-state index is 12.1. The molecule has 0 amide bonds. The van der Waals surface area contributed by atoms with Crippen LogP contribution in [0.5, 0.6) is 0 Å². The fourth-order valence-electron chi connectivity index (χ4n) is 6.22. The van der Waals surface area contributed by atoms with Crippen molar-refractivity contribution in [2.45, 2.75) is 103 Å². The molecule has 2 fully saturated rings. The van der Waals surface area contributed by atoms with Crippen LogP contribution in [0.25, 0.3) is 0 Å². The lowest BCUT2D eigenvalue weighted by atomic mass is 9.77. The first-order valence-electron chi connectivity index (χ1n) is 17.0. The summed E-state index contributed by atoms with van der Waals surface area (Å²) < 4.78 is 10.7. The van der Waals surface area contributed by atoms with Crippen LogP contribution in [-0.4, -0.2) is 50.4 Å². The van der Waals surface area contributed by atoms with Crippen molar-refractivity contribution in [3.63, 3.8) is 0 Å². The van der Waals surface area contributed by atoms with E-state index >= 15 is 0 Å². The van der Waals surface area contributed by atoms with E-state index in [9.17, 15) is 19.2 Å². The van der Waals surface area contributed by atoms with E-state index in [0.717, 1.165) is 43.6 Å². The van der Waals surface area contributed by atoms with E-state index in [1.165, 1.54) is 74.8 Å². The molecule has 0 saturated heterocycles. The molecule has 0 heterocycles. The molecular weight excluding hydrogens is 604 g/mol. The SMILES string of the molecule is C=CC1CCCCC1.C=O.CC(=O)c1cc(C=O)cc(C(=O)OC2CCCCC2)c1.COCCC(C)(C1=C(C(C)=O)[CH]1)c1ccccc1. The van der Waals surface area contributed by atoms with Gasteiger partial charge in [0.25, 0.3) is 0 Å². The van der Waals surface area contributed by atoms with Crippen LogP contribution in [0.2, 0.25) is 0 Å². The number of rotatable bonds is 11. The quantitative estimate of drug-likeness (QED) is 0.103. The van der Waals surface area contributed by atoms with Crippen LogP contribution in [0, 0.1) is 12.3 Å². The molecule has 0 spiro atoms. The summed E-state index contributed by atoms with van der Waals surface area (Å²) in [4.78, 5) is 53.8. The molecule has 7 nitrogen and oxygen atoms in total. The van der Waals surface area contributed by atoms with E-state index in [2.05, 4.69) is 31.7 Å².